The third-order valence-electron chi connectivity index (χ3n) is 3.09. The maximum Gasteiger partial charge on any atom is 0.270 e. The zero-order valence-corrected chi connectivity index (χ0v) is 14.3. The number of Topliss-reactive ketones (excluding diaryl/α,β-unsaturated/α-hetero) is 1. The third-order valence-corrected chi connectivity index (χ3v) is 3.96. The van der Waals surface area contributed by atoms with Crippen molar-refractivity contribution in [2.45, 2.75) is 5.16 Å². The number of aromatic nitrogens is 2. The van der Waals surface area contributed by atoms with Crippen LogP contribution < -0.4 is 0 Å². The first-order valence-electron chi connectivity index (χ1n) is 6.49. The second kappa shape index (κ2) is 7.38. The number of non-ortho nitro benzene ring substituents is 1. The van der Waals surface area contributed by atoms with E-state index in [4.69, 9.17) is 0 Å². The Balaban J connectivity index is 0.00000192. The molecule has 0 aliphatic heterocycles. The number of H-pyrrole nitrogens is 1. The lowest BCUT2D eigenvalue weighted by Crippen LogP contribution is -2.03. The maximum atomic E-state index is 12.1. The molecule has 2 aromatic carbocycles. The number of para-hydroxylation sites is 2. The minimum atomic E-state index is -0.511. The summed E-state index contributed by atoms with van der Waals surface area (Å²) < 4.78 is 0. The molecule has 0 unspecified atom stereocenters. The zero-order chi connectivity index (χ0) is 15.5. The van der Waals surface area contributed by atoms with E-state index in [0.717, 1.165) is 11.0 Å². The van der Waals surface area contributed by atoms with Crippen molar-refractivity contribution in [1.82, 2.24) is 9.97 Å². The van der Waals surface area contributed by atoms with Crippen LogP contribution in [0.5, 0.6) is 0 Å². The summed E-state index contributed by atoms with van der Waals surface area (Å²) in [6, 6.07) is 13.3. The molecule has 0 spiro atoms. The Labute approximate surface area is 146 Å². The Morgan fingerprint density at radius 2 is 2.00 bits per heavy atom. The number of thioether (sulfide) groups is 1. The molecule has 0 saturated carbocycles. The summed E-state index contributed by atoms with van der Waals surface area (Å²) in [6.45, 7) is 0. The second-order valence-electron chi connectivity index (χ2n) is 4.58. The van der Waals surface area contributed by atoms with E-state index >= 15 is 0 Å². The third kappa shape index (κ3) is 3.96. The lowest BCUT2D eigenvalue weighted by atomic mass is 10.1. The summed E-state index contributed by atoms with van der Waals surface area (Å²) in [7, 11) is 0. The minimum Gasteiger partial charge on any atom is -0.333 e. The van der Waals surface area contributed by atoms with Gasteiger partial charge in [0.15, 0.2) is 10.9 Å². The topological polar surface area (TPSA) is 88.9 Å². The predicted molar refractivity (Wildman–Crippen MR) is 94.6 cm³/mol. The van der Waals surface area contributed by atoms with Crippen LogP contribution in [0.2, 0.25) is 0 Å². The molecule has 3 rings (SSSR count). The summed E-state index contributed by atoms with van der Waals surface area (Å²) in [4.78, 5) is 29.8. The molecule has 118 valence electrons. The molecule has 1 N–H and O–H groups in total. The van der Waals surface area contributed by atoms with E-state index in [1.807, 2.05) is 24.3 Å². The second-order valence-corrected chi connectivity index (χ2v) is 5.54. The summed E-state index contributed by atoms with van der Waals surface area (Å²) in [5.74, 6) is -0.00443. The summed E-state index contributed by atoms with van der Waals surface area (Å²) in [5, 5.41) is 11.4. The van der Waals surface area contributed by atoms with Gasteiger partial charge in [0, 0.05) is 17.7 Å². The van der Waals surface area contributed by atoms with Crippen molar-refractivity contribution in [2.75, 3.05) is 5.75 Å². The first-order chi connectivity index (χ1) is 10.6. The summed E-state index contributed by atoms with van der Waals surface area (Å²) in [6.07, 6.45) is 0. The van der Waals surface area contributed by atoms with Crippen molar-refractivity contribution in [3.8, 4) is 0 Å². The average Bonchev–Trinajstić information content (AvgIpc) is 2.95. The fourth-order valence-corrected chi connectivity index (χ4v) is 2.79. The Kier molecular flexibility index (Phi) is 5.51. The quantitative estimate of drug-likeness (QED) is 0.306. The highest BCUT2D eigenvalue weighted by atomic mass is 79.9. The molecule has 0 fully saturated rings. The van der Waals surface area contributed by atoms with Gasteiger partial charge >= 0.3 is 0 Å². The minimum absolute atomic E-state index is 0. The van der Waals surface area contributed by atoms with E-state index < -0.39 is 4.92 Å². The van der Waals surface area contributed by atoms with Gasteiger partial charge in [-0.15, -0.1) is 17.0 Å². The van der Waals surface area contributed by atoms with E-state index in [1.54, 1.807) is 6.07 Å². The number of imidazole rings is 1. The van der Waals surface area contributed by atoms with Gasteiger partial charge in [-0.05, 0) is 12.1 Å². The molecule has 3 aromatic rings. The van der Waals surface area contributed by atoms with Gasteiger partial charge in [0.05, 0.1) is 21.7 Å². The monoisotopic (exact) mass is 393 g/mol. The summed E-state index contributed by atoms with van der Waals surface area (Å²) in [5.41, 5.74) is 2.00. The molecule has 0 aliphatic rings. The van der Waals surface area contributed by atoms with Crippen LogP contribution in [0.25, 0.3) is 11.0 Å². The number of hydrogen-bond donors (Lipinski definition) is 1. The number of carbonyl (C=O) groups is 1. The number of rotatable bonds is 5. The fraction of sp³-hybridized carbons (Fsp3) is 0.0667. The number of nitrogens with one attached hydrogen (secondary N) is 1. The van der Waals surface area contributed by atoms with E-state index in [1.165, 1.54) is 30.0 Å². The van der Waals surface area contributed by atoms with Crippen molar-refractivity contribution in [3.05, 3.63) is 64.2 Å². The number of fused-ring (bicyclic) bond motifs is 1. The Morgan fingerprint density at radius 1 is 1.22 bits per heavy atom. The zero-order valence-electron chi connectivity index (χ0n) is 11.8. The average molecular weight is 394 g/mol. The smallest absolute Gasteiger partial charge is 0.270 e. The molecular formula is C15H12BrN3O3S. The Morgan fingerprint density at radius 3 is 2.74 bits per heavy atom. The van der Waals surface area contributed by atoms with Gasteiger partial charge in [0.2, 0.25) is 0 Å². The van der Waals surface area contributed by atoms with Crippen LogP contribution in [-0.4, -0.2) is 26.4 Å². The predicted octanol–water partition coefficient (Wildman–Crippen LogP) is 4.02. The molecule has 1 heterocycles. The van der Waals surface area contributed by atoms with Crippen LogP contribution in [0.3, 0.4) is 0 Å². The van der Waals surface area contributed by atoms with Crippen LogP contribution in [0, 0.1) is 10.1 Å². The van der Waals surface area contributed by atoms with Gasteiger partial charge in [-0.3, -0.25) is 14.9 Å². The number of carbonyl (C=O) groups excluding carboxylic acids is 1. The van der Waals surface area contributed by atoms with Crippen LogP contribution in [0.1, 0.15) is 10.4 Å². The van der Waals surface area contributed by atoms with Crippen LogP contribution in [0.15, 0.2) is 53.7 Å². The number of nitro groups is 1. The largest absolute Gasteiger partial charge is 0.333 e. The van der Waals surface area contributed by atoms with E-state index in [9.17, 15) is 14.9 Å². The summed E-state index contributed by atoms with van der Waals surface area (Å²) >= 11 is 1.28. The number of halogens is 1. The molecule has 0 atom stereocenters. The van der Waals surface area contributed by atoms with Gasteiger partial charge in [0.25, 0.3) is 5.69 Å². The number of hydrogen-bond acceptors (Lipinski definition) is 5. The molecule has 0 radical (unpaired) electrons. The highest BCUT2D eigenvalue weighted by Gasteiger charge is 2.13. The Bertz CT molecular complexity index is 833. The SMILES string of the molecule is Br.O=C(CSc1nc2ccccc2[nH]1)c1cccc([N+](=O)[O-])c1. The lowest BCUT2D eigenvalue weighted by molar-refractivity contribution is -0.384. The van der Waals surface area contributed by atoms with Crippen molar-refractivity contribution >= 4 is 51.2 Å². The molecule has 0 amide bonds. The van der Waals surface area contributed by atoms with E-state index in [-0.39, 0.29) is 34.2 Å². The molecule has 8 heteroatoms. The molecule has 0 aliphatic carbocycles. The normalized spacial score (nSPS) is 10.3. The van der Waals surface area contributed by atoms with Gasteiger partial charge in [-0.25, -0.2) is 4.98 Å². The highest BCUT2D eigenvalue weighted by Crippen LogP contribution is 2.21. The first kappa shape index (κ1) is 17.2. The molecule has 6 nitrogen and oxygen atoms in total. The number of ketones is 1. The van der Waals surface area contributed by atoms with Gasteiger partial charge < -0.3 is 4.98 Å². The molecule has 23 heavy (non-hydrogen) atoms. The fourth-order valence-electron chi connectivity index (χ4n) is 2.01. The molecule has 0 bridgehead atoms. The Hall–Kier alpha value is -2.19. The van der Waals surface area contributed by atoms with Gasteiger partial charge in [-0.2, -0.15) is 0 Å². The standard InChI is InChI=1S/C15H11N3O3S.BrH/c19-14(10-4-3-5-11(8-10)18(20)21)9-22-15-16-12-6-1-2-7-13(12)17-15;/h1-8H,9H2,(H,16,17);1H. The van der Waals surface area contributed by atoms with Crippen molar-refractivity contribution in [3.63, 3.8) is 0 Å². The van der Waals surface area contributed by atoms with Crippen LogP contribution in [0.4, 0.5) is 5.69 Å². The number of nitrogens with zero attached hydrogens (tertiary/aromatic N) is 2. The van der Waals surface area contributed by atoms with Crippen LogP contribution >= 0.6 is 28.7 Å². The van der Waals surface area contributed by atoms with Gasteiger partial charge in [0.1, 0.15) is 0 Å². The molecular weight excluding hydrogens is 382 g/mol. The van der Waals surface area contributed by atoms with E-state index in [2.05, 4.69) is 9.97 Å². The first-order valence-corrected chi connectivity index (χ1v) is 7.47. The van der Waals surface area contributed by atoms with Crippen molar-refractivity contribution < 1.29 is 9.72 Å². The van der Waals surface area contributed by atoms with Crippen molar-refractivity contribution in [1.29, 1.82) is 0 Å². The number of aromatic amines is 1. The maximum absolute atomic E-state index is 12.1. The number of benzene rings is 2. The highest BCUT2D eigenvalue weighted by molar-refractivity contribution is 8.93. The number of nitro benzene ring substituents is 1. The molecule has 1 aromatic heterocycles. The van der Waals surface area contributed by atoms with E-state index in [0.29, 0.717) is 10.7 Å². The van der Waals surface area contributed by atoms with Crippen LogP contribution in [-0.2, 0) is 0 Å². The molecule has 0 saturated heterocycles. The lowest BCUT2D eigenvalue weighted by Gasteiger charge is -1.99. The van der Waals surface area contributed by atoms with Gasteiger partial charge in [-0.1, -0.05) is 36.0 Å². The van der Waals surface area contributed by atoms with Crippen molar-refractivity contribution in [2.24, 2.45) is 0 Å².